The Labute approximate surface area is 180 Å². The first-order valence-corrected chi connectivity index (χ1v) is 9.86. The van der Waals surface area contributed by atoms with Crippen LogP contribution in [0.3, 0.4) is 0 Å². The number of carboxylic acid groups (broad SMARTS) is 1. The molecule has 0 fully saturated rings. The minimum absolute atomic E-state index is 0.0620. The minimum Gasteiger partial charge on any atom is -0.478 e. The van der Waals surface area contributed by atoms with E-state index in [0.29, 0.717) is 15.6 Å². The summed E-state index contributed by atoms with van der Waals surface area (Å²) in [6, 6.07) is 11.8. The molecule has 3 aromatic rings. The summed E-state index contributed by atoms with van der Waals surface area (Å²) in [5.41, 5.74) is 0.593. The Balaban J connectivity index is 1.88. The predicted octanol–water partition coefficient (Wildman–Crippen LogP) is 5.63. The highest BCUT2D eigenvalue weighted by Gasteiger charge is 2.24. The lowest BCUT2D eigenvalue weighted by atomic mass is 10.1. The second-order valence-corrected chi connectivity index (χ2v) is 7.45. The van der Waals surface area contributed by atoms with Crippen LogP contribution in [-0.4, -0.2) is 29.4 Å². The van der Waals surface area contributed by atoms with Crippen molar-refractivity contribution in [1.82, 2.24) is 0 Å². The van der Waals surface area contributed by atoms with Gasteiger partial charge in [0.2, 0.25) is 0 Å². The second kappa shape index (κ2) is 9.43. The smallest absolute Gasteiger partial charge is 0.338 e. The molecule has 0 saturated carbocycles. The largest absolute Gasteiger partial charge is 0.478 e. The zero-order chi connectivity index (χ0) is 21.7. The molecule has 1 atom stereocenters. The molecule has 3 rings (SSSR count). The zero-order valence-electron chi connectivity index (χ0n) is 15.3. The van der Waals surface area contributed by atoms with Crippen molar-refractivity contribution in [2.75, 3.05) is 5.32 Å². The number of hydrogen-bond acceptors (Lipinski definition) is 5. The van der Waals surface area contributed by atoms with Gasteiger partial charge in [0, 0.05) is 33.3 Å². The van der Waals surface area contributed by atoms with Gasteiger partial charge in [-0.3, -0.25) is 9.79 Å². The van der Waals surface area contributed by atoms with E-state index >= 15 is 0 Å². The molecular formula is C21H15ClFN3O3S. The molecule has 30 heavy (non-hydrogen) atoms. The molecule has 152 valence electrons. The number of anilines is 1. The average molecular weight is 444 g/mol. The molecule has 2 aromatic carbocycles. The van der Waals surface area contributed by atoms with Gasteiger partial charge < -0.3 is 15.8 Å². The van der Waals surface area contributed by atoms with Crippen LogP contribution in [0.25, 0.3) is 0 Å². The molecule has 0 aliphatic carbocycles. The van der Waals surface area contributed by atoms with Crippen LogP contribution in [0.5, 0.6) is 0 Å². The molecule has 3 N–H and O–H groups in total. The Morgan fingerprint density at radius 2 is 1.97 bits per heavy atom. The van der Waals surface area contributed by atoms with E-state index in [9.17, 15) is 19.1 Å². The van der Waals surface area contributed by atoms with Crippen LogP contribution in [0.4, 0.5) is 15.8 Å². The van der Waals surface area contributed by atoms with Gasteiger partial charge in [-0.15, -0.1) is 11.3 Å². The van der Waals surface area contributed by atoms with E-state index in [1.165, 1.54) is 29.8 Å². The first-order chi connectivity index (χ1) is 14.4. The highest BCUT2D eigenvalue weighted by atomic mass is 35.5. The van der Waals surface area contributed by atoms with Crippen molar-refractivity contribution in [2.24, 2.45) is 4.99 Å². The number of aromatic carboxylic acids is 1. The van der Waals surface area contributed by atoms with Crippen molar-refractivity contribution in [1.29, 1.82) is 5.41 Å². The van der Waals surface area contributed by atoms with E-state index in [1.54, 1.807) is 24.3 Å². The number of amides is 1. The number of nitrogens with zero attached hydrogens (tertiary/aromatic N) is 1. The Kier molecular flexibility index (Phi) is 6.71. The molecule has 1 unspecified atom stereocenters. The first-order valence-electron chi connectivity index (χ1n) is 8.61. The molecule has 9 heteroatoms. The molecule has 1 heterocycles. The Bertz CT molecular complexity index is 1130. The third-order valence-electron chi connectivity index (χ3n) is 4.06. The molecule has 0 spiro atoms. The fraction of sp³-hybridized carbons (Fsp3) is 0.0476. The fourth-order valence-electron chi connectivity index (χ4n) is 2.63. The summed E-state index contributed by atoms with van der Waals surface area (Å²) in [4.78, 5) is 28.9. The standard InChI is InChI=1S/C21H15ClFN3O3S/c22-14-4-6-16(7-5-14)25-10-13(9-24)19-18(21(28)29)17(11-30-19)26-20(27)12-2-1-3-15(23)8-12/h1-11,13,24H,(H,26,27)(H,28,29). The van der Waals surface area contributed by atoms with E-state index in [2.05, 4.69) is 10.3 Å². The maximum atomic E-state index is 13.4. The van der Waals surface area contributed by atoms with Gasteiger partial charge in [-0.1, -0.05) is 17.7 Å². The zero-order valence-corrected chi connectivity index (χ0v) is 16.9. The van der Waals surface area contributed by atoms with Gasteiger partial charge in [0.1, 0.15) is 5.82 Å². The number of carbonyl (C=O) groups is 2. The maximum absolute atomic E-state index is 13.4. The highest BCUT2D eigenvalue weighted by Crippen LogP contribution is 2.33. The molecule has 0 saturated heterocycles. The van der Waals surface area contributed by atoms with Crippen molar-refractivity contribution in [3.8, 4) is 0 Å². The van der Waals surface area contributed by atoms with Crippen molar-refractivity contribution >= 4 is 58.6 Å². The van der Waals surface area contributed by atoms with Crippen molar-refractivity contribution in [3.63, 3.8) is 0 Å². The van der Waals surface area contributed by atoms with Crippen LogP contribution < -0.4 is 5.32 Å². The normalized spacial score (nSPS) is 11.9. The summed E-state index contributed by atoms with van der Waals surface area (Å²) in [5, 5.41) is 21.9. The highest BCUT2D eigenvalue weighted by molar-refractivity contribution is 7.11. The third-order valence-corrected chi connectivity index (χ3v) is 5.40. The van der Waals surface area contributed by atoms with Crippen LogP contribution in [0.2, 0.25) is 5.02 Å². The van der Waals surface area contributed by atoms with Crippen LogP contribution in [0.1, 0.15) is 31.5 Å². The Morgan fingerprint density at radius 1 is 1.23 bits per heavy atom. The second-order valence-electron chi connectivity index (χ2n) is 6.11. The first kappa shape index (κ1) is 21.4. The predicted molar refractivity (Wildman–Crippen MR) is 117 cm³/mol. The quantitative estimate of drug-likeness (QED) is 0.412. The van der Waals surface area contributed by atoms with Gasteiger partial charge >= 0.3 is 5.97 Å². The number of hydrogen-bond donors (Lipinski definition) is 3. The number of aliphatic imine (C=N–C) groups is 1. The lowest BCUT2D eigenvalue weighted by Gasteiger charge is -2.08. The van der Waals surface area contributed by atoms with Crippen LogP contribution in [0.15, 0.2) is 58.9 Å². The van der Waals surface area contributed by atoms with E-state index in [-0.39, 0.29) is 16.8 Å². The van der Waals surface area contributed by atoms with E-state index in [0.717, 1.165) is 23.6 Å². The third kappa shape index (κ3) is 4.97. The molecule has 0 aliphatic heterocycles. The van der Waals surface area contributed by atoms with Gasteiger partial charge in [0.05, 0.1) is 22.9 Å². The Morgan fingerprint density at radius 3 is 2.60 bits per heavy atom. The van der Waals surface area contributed by atoms with Gasteiger partial charge in [-0.05, 0) is 42.5 Å². The number of nitrogens with one attached hydrogen (secondary N) is 2. The maximum Gasteiger partial charge on any atom is 0.338 e. The number of halogens is 2. The van der Waals surface area contributed by atoms with Crippen LogP contribution >= 0.6 is 22.9 Å². The average Bonchev–Trinajstić information content (AvgIpc) is 3.13. The summed E-state index contributed by atoms with van der Waals surface area (Å²) in [7, 11) is 0. The summed E-state index contributed by atoms with van der Waals surface area (Å²) in [6.45, 7) is 0. The molecule has 1 aromatic heterocycles. The molecule has 0 bridgehead atoms. The molecule has 1 amide bonds. The van der Waals surface area contributed by atoms with Gasteiger partial charge in [-0.2, -0.15) is 0 Å². The molecule has 0 radical (unpaired) electrons. The Hall–Kier alpha value is -3.36. The van der Waals surface area contributed by atoms with Crippen LogP contribution in [-0.2, 0) is 0 Å². The molecule has 0 aliphatic rings. The summed E-state index contributed by atoms with van der Waals surface area (Å²) in [6.07, 6.45) is 2.52. The van der Waals surface area contributed by atoms with E-state index in [4.69, 9.17) is 17.0 Å². The topological polar surface area (TPSA) is 103 Å². The van der Waals surface area contributed by atoms with Gasteiger partial charge in [-0.25, -0.2) is 9.18 Å². The summed E-state index contributed by atoms with van der Waals surface area (Å²) >= 11 is 6.93. The number of thiophene rings is 1. The summed E-state index contributed by atoms with van der Waals surface area (Å²) in [5.74, 6) is -3.18. The van der Waals surface area contributed by atoms with Crippen molar-refractivity contribution < 1.29 is 19.1 Å². The monoisotopic (exact) mass is 443 g/mol. The number of carboxylic acids is 1. The minimum atomic E-state index is -1.26. The lowest BCUT2D eigenvalue weighted by Crippen LogP contribution is -2.15. The molecular weight excluding hydrogens is 429 g/mol. The van der Waals surface area contributed by atoms with Crippen molar-refractivity contribution in [3.05, 3.63) is 80.8 Å². The van der Waals surface area contributed by atoms with Crippen molar-refractivity contribution in [2.45, 2.75) is 5.92 Å². The van der Waals surface area contributed by atoms with E-state index < -0.39 is 23.6 Å². The number of rotatable bonds is 7. The van der Waals surface area contributed by atoms with Crippen LogP contribution in [0, 0.1) is 11.2 Å². The number of benzene rings is 2. The van der Waals surface area contributed by atoms with E-state index in [1.807, 2.05) is 0 Å². The fourth-order valence-corrected chi connectivity index (χ4v) is 3.78. The summed E-state index contributed by atoms with van der Waals surface area (Å²) < 4.78 is 13.4. The lowest BCUT2D eigenvalue weighted by molar-refractivity contribution is 0.0697. The van der Waals surface area contributed by atoms with Gasteiger partial charge in [0.15, 0.2) is 0 Å². The molecule has 6 nitrogen and oxygen atoms in total. The van der Waals surface area contributed by atoms with Gasteiger partial charge in [0.25, 0.3) is 5.91 Å². The SMILES string of the molecule is N=CC(C=Nc1ccc(Cl)cc1)c1scc(NC(=O)c2cccc(F)c2)c1C(=O)O. The number of carbonyl (C=O) groups excluding carboxylic acids is 1.